The van der Waals surface area contributed by atoms with Crippen LogP contribution in [0.25, 0.3) is 5.65 Å². The second kappa shape index (κ2) is 10.4. The van der Waals surface area contributed by atoms with Gasteiger partial charge in [-0.3, -0.25) is 4.79 Å². The molecule has 0 bridgehead atoms. The van der Waals surface area contributed by atoms with Crippen LogP contribution in [-0.2, 0) is 11.2 Å². The number of imidazole rings is 1. The quantitative estimate of drug-likeness (QED) is 0.630. The summed E-state index contributed by atoms with van der Waals surface area (Å²) in [6.45, 7) is 4.54. The Morgan fingerprint density at radius 1 is 1.23 bits per heavy atom. The lowest BCUT2D eigenvalue weighted by Crippen LogP contribution is -2.34. The van der Waals surface area contributed by atoms with Crippen molar-refractivity contribution in [3.63, 3.8) is 0 Å². The van der Waals surface area contributed by atoms with Crippen molar-refractivity contribution in [3.8, 4) is 6.07 Å². The van der Waals surface area contributed by atoms with Crippen molar-refractivity contribution in [2.45, 2.75) is 32.6 Å². The zero-order valence-electron chi connectivity index (χ0n) is 17.7. The molecule has 0 unspecified atom stereocenters. The van der Waals surface area contributed by atoms with Crippen LogP contribution in [0.2, 0.25) is 0 Å². The van der Waals surface area contributed by atoms with Gasteiger partial charge in [0.2, 0.25) is 5.91 Å². The van der Waals surface area contributed by atoms with Gasteiger partial charge in [0.15, 0.2) is 0 Å². The van der Waals surface area contributed by atoms with Gasteiger partial charge in [-0.15, -0.1) is 0 Å². The molecule has 3 aromatic heterocycles. The molecule has 0 aliphatic carbocycles. The Bertz CT molecular complexity index is 1000. The number of pyridine rings is 2. The molecule has 30 heavy (non-hydrogen) atoms. The molecule has 1 saturated heterocycles. The maximum Gasteiger partial charge on any atom is 0.222 e. The fraction of sp³-hybridized carbons (Fsp3) is 0.391. The zero-order valence-corrected chi connectivity index (χ0v) is 17.7. The molecule has 3 aromatic rings. The number of hydrogen-bond acceptors (Lipinski definition) is 5. The molecule has 0 aromatic carbocycles. The lowest BCUT2D eigenvalue weighted by molar-refractivity contribution is -0.127. The zero-order chi connectivity index (χ0) is 21.3. The van der Waals surface area contributed by atoms with Crippen molar-refractivity contribution in [2.75, 3.05) is 31.6 Å². The van der Waals surface area contributed by atoms with Gasteiger partial charge in [0.1, 0.15) is 17.5 Å². The van der Waals surface area contributed by atoms with Gasteiger partial charge in [-0.25, -0.2) is 9.97 Å². The summed E-state index contributed by atoms with van der Waals surface area (Å²) in [6, 6.07) is 9.83. The number of carbonyl (C=O) groups excluding carboxylic acids is 1. The summed E-state index contributed by atoms with van der Waals surface area (Å²) >= 11 is 0. The number of carbonyl (C=O) groups is 1. The van der Waals surface area contributed by atoms with Crippen LogP contribution < -0.4 is 4.90 Å². The highest BCUT2D eigenvalue weighted by Crippen LogP contribution is 2.12. The van der Waals surface area contributed by atoms with Crippen LogP contribution >= 0.6 is 0 Å². The molecule has 1 fully saturated rings. The number of fused-ring (bicyclic) bond motifs is 1. The lowest BCUT2D eigenvalue weighted by Gasteiger charge is -2.22. The summed E-state index contributed by atoms with van der Waals surface area (Å²) in [5.74, 6) is 1.07. The first-order chi connectivity index (χ1) is 14.6. The molecule has 7 heteroatoms. The lowest BCUT2D eigenvalue weighted by atomic mass is 10.1. The summed E-state index contributed by atoms with van der Waals surface area (Å²) in [5.41, 5.74) is 2.99. The number of likely N-dealkylation sites (tertiary alicyclic amines) is 1. The minimum atomic E-state index is 0.246. The normalized spacial score (nSPS) is 13.1. The highest BCUT2D eigenvalue weighted by Gasteiger charge is 2.19. The molecule has 4 rings (SSSR count). The van der Waals surface area contributed by atoms with Gasteiger partial charge in [-0.2, -0.15) is 5.26 Å². The predicted octanol–water partition coefficient (Wildman–Crippen LogP) is 3.30. The SMILES string of the molecule is CCCc1cccn2ccnc12.CN(CCN1CCCC1=O)c1ccc(C#N)cn1. The molecule has 0 spiro atoms. The molecule has 1 aliphatic rings. The Hall–Kier alpha value is -3.40. The van der Waals surface area contributed by atoms with Crippen LogP contribution in [0.4, 0.5) is 5.82 Å². The average molecular weight is 405 g/mol. The summed E-state index contributed by atoms with van der Waals surface area (Å²) in [4.78, 5) is 23.9. The van der Waals surface area contributed by atoms with Gasteiger partial charge in [0, 0.05) is 57.9 Å². The van der Waals surface area contributed by atoms with Crippen LogP contribution in [0.5, 0.6) is 0 Å². The molecule has 0 N–H and O–H groups in total. The van der Waals surface area contributed by atoms with Crippen molar-refractivity contribution in [2.24, 2.45) is 0 Å². The van der Waals surface area contributed by atoms with Crippen molar-refractivity contribution in [1.29, 1.82) is 5.26 Å². The predicted molar refractivity (Wildman–Crippen MR) is 117 cm³/mol. The van der Waals surface area contributed by atoms with Crippen LogP contribution in [0.1, 0.15) is 37.3 Å². The Balaban J connectivity index is 0.000000184. The van der Waals surface area contributed by atoms with E-state index in [4.69, 9.17) is 5.26 Å². The van der Waals surface area contributed by atoms with E-state index in [1.165, 1.54) is 12.0 Å². The summed E-state index contributed by atoms with van der Waals surface area (Å²) < 4.78 is 2.06. The molecule has 1 amide bonds. The first-order valence-corrected chi connectivity index (χ1v) is 10.4. The monoisotopic (exact) mass is 404 g/mol. The van der Waals surface area contributed by atoms with E-state index in [1.54, 1.807) is 12.3 Å². The minimum absolute atomic E-state index is 0.246. The van der Waals surface area contributed by atoms with Crippen LogP contribution in [0.3, 0.4) is 0 Å². The number of anilines is 1. The molecule has 0 atom stereocenters. The maximum absolute atomic E-state index is 11.5. The van der Waals surface area contributed by atoms with Gasteiger partial charge >= 0.3 is 0 Å². The second-order valence-electron chi connectivity index (χ2n) is 7.36. The first kappa shape index (κ1) is 21.3. The minimum Gasteiger partial charge on any atom is -0.358 e. The molecule has 156 valence electrons. The molecule has 7 nitrogen and oxygen atoms in total. The van der Waals surface area contributed by atoms with E-state index in [9.17, 15) is 4.79 Å². The highest BCUT2D eigenvalue weighted by molar-refractivity contribution is 5.78. The van der Waals surface area contributed by atoms with E-state index in [0.29, 0.717) is 12.0 Å². The number of rotatable bonds is 6. The Labute approximate surface area is 177 Å². The van der Waals surface area contributed by atoms with E-state index in [1.807, 2.05) is 47.6 Å². The number of likely N-dealkylation sites (N-methyl/N-ethyl adjacent to an activating group) is 1. The van der Waals surface area contributed by atoms with Gasteiger partial charge in [0.05, 0.1) is 5.56 Å². The van der Waals surface area contributed by atoms with Gasteiger partial charge < -0.3 is 14.2 Å². The van der Waals surface area contributed by atoms with E-state index < -0.39 is 0 Å². The second-order valence-corrected chi connectivity index (χ2v) is 7.36. The number of aromatic nitrogens is 3. The smallest absolute Gasteiger partial charge is 0.222 e. The highest BCUT2D eigenvalue weighted by atomic mass is 16.2. The van der Waals surface area contributed by atoms with Crippen molar-refractivity contribution < 1.29 is 4.79 Å². The van der Waals surface area contributed by atoms with Gasteiger partial charge in [0.25, 0.3) is 0 Å². The van der Waals surface area contributed by atoms with Crippen LogP contribution in [0.15, 0.2) is 49.1 Å². The number of amides is 1. The fourth-order valence-electron chi connectivity index (χ4n) is 3.48. The van der Waals surface area contributed by atoms with E-state index >= 15 is 0 Å². The van der Waals surface area contributed by atoms with E-state index in [-0.39, 0.29) is 5.91 Å². The Morgan fingerprint density at radius 3 is 2.77 bits per heavy atom. The molecule has 0 saturated carbocycles. The van der Waals surface area contributed by atoms with Crippen LogP contribution in [-0.4, -0.2) is 51.9 Å². The average Bonchev–Trinajstić information content (AvgIpc) is 3.42. The van der Waals surface area contributed by atoms with Crippen molar-refractivity contribution in [3.05, 3.63) is 60.2 Å². The third kappa shape index (κ3) is 5.35. The van der Waals surface area contributed by atoms with E-state index in [2.05, 4.69) is 33.4 Å². The summed E-state index contributed by atoms with van der Waals surface area (Å²) in [5, 5.41) is 8.70. The topological polar surface area (TPSA) is 77.5 Å². The number of nitrogens with zero attached hydrogens (tertiary/aromatic N) is 6. The number of nitriles is 1. The first-order valence-electron chi connectivity index (χ1n) is 10.4. The summed E-state index contributed by atoms with van der Waals surface area (Å²) in [7, 11) is 1.94. The summed E-state index contributed by atoms with van der Waals surface area (Å²) in [6.07, 6.45) is 11.3. The molecule has 0 radical (unpaired) electrons. The molecule has 1 aliphatic heterocycles. The Morgan fingerprint density at radius 2 is 2.10 bits per heavy atom. The Kier molecular flexibility index (Phi) is 7.39. The number of hydrogen-bond donors (Lipinski definition) is 0. The van der Waals surface area contributed by atoms with E-state index in [0.717, 1.165) is 43.9 Å². The van der Waals surface area contributed by atoms with Gasteiger partial charge in [-0.1, -0.05) is 19.4 Å². The fourth-order valence-corrected chi connectivity index (χ4v) is 3.48. The molecule has 4 heterocycles. The third-order valence-electron chi connectivity index (χ3n) is 5.16. The largest absolute Gasteiger partial charge is 0.358 e. The van der Waals surface area contributed by atoms with Crippen LogP contribution in [0, 0.1) is 11.3 Å². The number of aryl methyl sites for hydroxylation is 1. The maximum atomic E-state index is 11.5. The van der Waals surface area contributed by atoms with Crippen molar-refractivity contribution >= 4 is 17.4 Å². The third-order valence-corrected chi connectivity index (χ3v) is 5.16. The molecular formula is C23H28N6O. The van der Waals surface area contributed by atoms with Gasteiger partial charge in [-0.05, 0) is 36.6 Å². The standard InChI is InChI=1S/C13H16N4O.C10H12N2/c1-16(7-8-17-6-2-3-13(17)18)12-5-4-11(9-14)10-15-12;1-2-4-9-5-3-7-12-8-6-11-10(9)12/h4-5,10H,2-3,6-8H2,1H3;3,5-8H,2,4H2,1H3. The molecular weight excluding hydrogens is 376 g/mol. The van der Waals surface area contributed by atoms with Crippen molar-refractivity contribution in [1.82, 2.24) is 19.3 Å².